The Bertz CT molecular complexity index is 451. The van der Waals surface area contributed by atoms with Crippen LogP contribution in [0.2, 0.25) is 0 Å². The molecule has 4 heteroatoms. The molecule has 15 heavy (non-hydrogen) atoms. The summed E-state index contributed by atoms with van der Waals surface area (Å²) in [5.74, 6) is -0.206. The SMILES string of the molecule is NCc1cnn(Cc2ccccc2F)c1. The second-order valence-corrected chi connectivity index (χ2v) is 3.34. The molecule has 1 aromatic heterocycles. The van der Waals surface area contributed by atoms with Gasteiger partial charge in [-0.2, -0.15) is 5.10 Å². The van der Waals surface area contributed by atoms with Crippen molar-refractivity contribution in [3.8, 4) is 0 Å². The van der Waals surface area contributed by atoms with Crippen LogP contribution in [-0.2, 0) is 13.1 Å². The molecule has 0 atom stereocenters. The van der Waals surface area contributed by atoms with Gasteiger partial charge in [-0.25, -0.2) is 4.39 Å². The predicted molar refractivity (Wildman–Crippen MR) is 55.6 cm³/mol. The molecule has 0 aliphatic carbocycles. The average molecular weight is 205 g/mol. The molecule has 0 fully saturated rings. The molecule has 0 radical (unpaired) electrons. The molecule has 1 aromatic carbocycles. The van der Waals surface area contributed by atoms with E-state index >= 15 is 0 Å². The highest BCUT2D eigenvalue weighted by Gasteiger charge is 2.02. The highest BCUT2D eigenvalue weighted by molar-refractivity contribution is 5.17. The van der Waals surface area contributed by atoms with Crippen LogP contribution < -0.4 is 5.73 Å². The molecule has 2 rings (SSSR count). The molecule has 0 bridgehead atoms. The van der Waals surface area contributed by atoms with E-state index in [1.807, 2.05) is 12.3 Å². The lowest BCUT2D eigenvalue weighted by atomic mass is 10.2. The van der Waals surface area contributed by atoms with E-state index in [1.165, 1.54) is 6.07 Å². The highest BCUT2D eigenvalue weighted by atomic mass is 19.1. The number of hydrogen-bond acceptors (Lipinski definition) is 2. The molecule has 0 amide bonds. The first kappa shape index (κ1) is 9.86. The van der Waals surface area contributed by atoms with E-state index in [-0.39, 0.29) is 5.82 Å². The second kappa shape index (κ2) is 4.23. The van der Waals surface area contributed by atoms with E-state index in [9.17, 15) is 4.39 Å². The smallest absolute Gasteiger partial charge is 0.128 e. The lowest BCUT2D eigenvalue weighted by Crippen LogP contribution is -2.02. The van der Waals surface area contributed by atoms with Crippen molar-refractivity contribution in [3.05, 3.63) is 53.6 Å². The maximum Gasteiger partial charge on any atom is 0.128 e. The van der Waals surface area contributed by atoms with Gasteiger partial charge in [0.2, 0.25) is 0 Å². The topological polar surface area (TPSA) is 43.8 Å². The maximum absolute atomic E-state index is 13.3. The standard InChI is InChI=1S/C11H12FN3/c12-11-4-2-1-3-10(11)8-15-7-9(5-13)6-14-15/h1-4,6-7H,5,8,13H2. The molecule has 1 heterocycles. The summed E-state index contributed by atoms with van der Waals surface area (Å²) in [7, 11) is 0. The Labute approximate surface area is 87.3 Å². The van der Waals surface area contributed by atoms with Crippen molar-refractivity contribution in [2.75, 3.05) is 0 Å². The number of aromatic nitrogens is 2. The van der Waals surface area contributed by atoms with Crippen LogP contribution in [0.1, 0.15) is 11.1 Å². The number of rotatable bonds is 3. The first-order valence-corrected chi connectivity index (χ1v) is 4.74. The summed E-state index contributed by atoms with van der Waals surface area (Å²) in [5.41, 5.74) is 7.04. The largest absolute Gasteiger partial charge is 0.326 e. The second-order valence-electron chi connectivity index (χ2n) is 3.34. The molecular weight excluding hydrogens is 193 g/mol. The number of nitrogens with zero attached hydrogens (tertiary/aromatic N) is 2. The Balaban J connectivity index is 2.18. The molecule has 0 saturated heterocycles. The molecule has 78 valence electrons. The van der Waals surface area contributed by atoms with Gasteiger partial charge in [-0.15, -0.1) is 0 Å². The van der Waals surface area contributed by atoms with E-state index in [2.05, 4.69) is 5.10 Å². The molecule has 0 aliphatic heterocycles. The van der Waals surface area contributed by atoms with Crippen molar-refractivity contribution in [1.29, 1.82) is 0 Å². The van der Waals surface area contributed by atoms with Crippen molar-refractivity contribution in [2.45, 2.75) is 13.1 Å². The zero-order chi connectivity index (χ0) is 10.7. The summed E-state index contributed by atoms with van der Waals surface area (Å²) in [6.07, 6.45) is 3.52. The number of nitrogens with two attached hydrogens (primary N) is 1. The maximum atomic E-state index is 13.3. The van der Waals surface area contributed by atoms with Crippen LogP contribution in [0.15, 0.2) is 36.7 Å². The van der Waals surface area contributed by atoms with E-state index in [0.29, 0.717) is 18.7 Å². The van der Waals surface area contributed by atoms with Crippen LogP contribution in [-0.4, -0.2) is 9.78 Å². The summed E-state index contributed by atoms with van der Waals surface area (Å²) in [6.45, 7) is 0.893. The van der Waals surface area contributed by atoms with Gasteiger partial charge in [0.05, 0.1) is 12.7 Å². The lowest BCUT2D eigenvalue weighted by Gasteiger charge is -2.02. The number of halogens is 1. The van der Waals surface area contributed by atoms with E-state index in [4.69, 9.17) is 5.73 Å². The predicted octanol–water partition coefficient (Wildman–Crippen LogP) is 1.53. The van der Waals surface area contributed by atoms with Crippen LogP contribution >= 0.6 is 0 Å². The van der Waals surface area contributed by atoms with Gasteiger partial charge in [0.1, 0.15) is 5.82 Å². The Hall–Kier alpha value is -1.68. The van der Waals surface area contributed by atoms with E-state index < -0.39 is 0 Å². The van der Waals surface area contributed by atoms with E-state index in [0.717, 1.165) is 5.56 Å². The third-order valence-corrected chi connectivity index (χ3v) is 2.21. The van der Waals surface area contributed by atoms with Gasteiger partial charge in [0.25, 0.3) is 0 Å². The monoisotopic (exact) mass is 205 g/mol. The van der Waals surface area contributed by atoms with Gasteiger partial charge >= 0.3 is 0 Å². The average Bonchev–Trinajstić information content (AvgIpc) is 2.69. The van der Waals surface area contributed by atoms with Crippen molar-refractivity contribution >= 4 is 0 Å². The molecule has 2 N–H and O–H groups in total. The third kappa shape index (κ3) is 2.22. The van der Waals surface area contributed by atoms with Crippen LogP contribution in [0.25, 0.3) is 0 Å². The zero-order valence-electron chi connectivity index (χ0n) is 8.23. The zero-order valence-corrected chi connectivity index (χ0v) is 8.23. The fourth-order valence-electron chi connectivity index (χ4n) is 1.40. The van der Waals surface area contributed by atoms with Gasteiger partial charge in [0, 0.05) is 23.9 Å². The normalized spacial score (nSPS) is 10.5. The fraction of sp³-hybridized carbons (Fsp3) is 0.182. The molecule has 0 unspecified atom stereocenters. The van der Waals surface area contributed by atoms with Crippen LogP contribution in [0.3, 0.4) is 0 Å². The number of benzene rings is 1. The minimum absolute atomic E-state index is 0.206. The summed E-state index contributed by atoms with van der Waals surface area (Å²) in [4.78, 5) is 0. The number of hydrogen-bond donors (Lipinski definition) is 1. The van der Waals surface area contributed by atoms with Crippen molar-refractivity contribution in [3.63, 3.8) is 0 Å². The van der Waals surface area contributed by atoms with Gasteiger partial charge in [-0.3, -0.25) is 4.68 Å². The highest BCUT2D eigenvalue weighted by Crippen LogP contribution is 2.08. The Morgan fingerprint density at radius 3 is 2.80 bits per heavy atom. The van der Waals surface area contributed by atoms with Gasteiger partial charge in [-0.05, 0) is 6.07 Å². The molecule has 2 aromatic rings. The molecule has 0 spiro atoms. The summed E-state index contributed by atoms with van der Waals surface area (Å²) in [5, 5.41) is 4.09. The van der Waals surface area contributed by atoms with Gasteiger partial charge < -0.3 is 5.73 Å². The molecule has 0 aliphatic rings. The van der Waals surface area contributed by atoms with Crippen LogP contribution in [0.4, 0.5) is 4.39 Å². The third-order valence-electron chi connectivity index (χ3n) is 2.21. The summed E-state index contributed by atoms with van der Waals surface area (Å²) >= 11 is 0. The molecule has 0 saturated carbocycles. The van der Waals surface area contributed by atoms with Gasteiger partial charge in [0.15, 0.2) is 0 Å². The van der Waals surface area contributed by atoms with Crippen molar-refractivity contribution in [2.24, 2.45) is 5.73 Å². The van der Waals surface area contributed by atoms with E-state index in [1.54, 1.807) is 23.0 Å². The minimum atomic E-state index is -0.206. The fourth-order valence-corrected chi connectivity index (χ4v) is 1.40. The molecule has 3 nitrogen and oxygen atoms in total. The minimum Gasteiger partial charge on any atom is -0.326 e. The summed E-state index contributed by atoms with van der Waals surface area (Å²) < 4.78 is 15.0. The van der Waals surface area contributed by atoms with Crippen LogP contribution in [0, 0.1) is 5.82 Å². The van der Waals surface area contributed by atoms with Gasteiger partial charge in [-0.1, -0.05) is 18.2 Å². The van der Waals surface area contributed by atoms with Crippen molar-refractivity contribution in [1.82, 2.24) is 9.78 Å². The Morgan fingerprint density at radius 1 is 1.33 bits per heavy atom. The molecular formula is C11H12FN3. The van der Waals surface area contributed by atoms with Crippen molar-refractivity contribution < 1.29 is 4.39 Å². The Kier molecular flexibility index (Phi) is 2.78. The lowest BCUT2D eigenvalue weighted by molar-refractivity contribution is 0.585. The first-order chi connectivity index (χ1) is 7.29. The quantitative estimate of drug-likeness (QED) is 0.825. The Morgan fingerprint density at radius 2 is 2.13 bits per heavy atom. The first-order valence-electron chi connectivity index (χ1n) is 4.74. The van der Waals surface area contributed by atoms with Crippen LogP contribution in [0.5, 0.6) is 0 Å². The summed E-state index contributed by atoms with van der Waals surface area (Å²) in [6, 6.07) is 6.68.